The molecule has 0 fully saturated rings. The van der Waals surface area contributed by atoms with E-state index in [1.165, 1.54) is 16.7 Å². The van der Waals surface area contributed by atoms with Gasteiger partial charge in [0.15, 0.2) is 0 Å². The van der Waals surface area contributed by atoms with E-state index in [0.29, 0.717) is 0 Å². The summed E-state index contributed by atoms with van der Waals surface area (Å²) in [7, 11) is 6.63. The second-order valence-electron chi connectivity index (χ2n) is 5.90. The molecule has 2 rings (SSSR count). The molecule has 0 N–H and O–H groups in total. The molecule has 0 bridgehead atoms. The first kappa shape index (κ1) is 14.1. The predicted molar refractivity (Wildman–Crippen MR) is 82.5 cm³/mol. The van der Waals surface area contributed by atoms with Crippen molar-refractivity contribution in [1.29, 1.82) is 0 Å². The summed E-state index contributed by atoms with van der Waals surface area (Å²) in [6, 6.07) is 16.9. The van der Waals surface area contributed by atoms with E-state index >= 15 is 0 Å². The Bertz CT molecular complexity index is 524. The Morgan fingerprint density at radius 2 is 1.37 bits per heavy atom. The lowest BCUT2D eigenvalue weighted by molar-refractivity contribution is -0.896. The van der Waals surface area contributed by atoms with Crippen LogP contribution in [0.25, 0.3) is 0 Å². The normalized spacial score (nSPS) is 13.3. The number of nitrogens with zero attached hydrogens (tertiary/aromatic N) is 1. The van der Waals surface area contributed by atoms with Crippen LogP contribution in [0.3, 0.4) is 0 Å². The van der Waals surface area contributed by atoms with E-state index in [1.807, 2.05) is 12.1 Å². The average molecular weight is 275 g/mol. The van der Waals surface area contributed by atoms with E-state index < -0.39 is 0 Å². The molecule has 0 heterocycles. The maximum atomic E-state index is 6.42. The first-order valence-electron chi connectivity index (χ1n) is 6.52. The summed E-state index contributed by atoms with van der Waals surface area (Å²) in [5.41, 5.74) is 3.83. The zero-order valence-corrected chi connectivity index (χ0v) is 12.8. The number of benzene rings is 2. The summed E-state index contributed by atoms with van der Waals surface area (Å²) in [4.78, 5) is 0. The molecule has 19 heavy (non-hydrogen) atoms. The molecule has 1 atom stereocenters. The molecule has 0 amide bonds. The predicted octanol–water partition coefficient (Wildman–Crippen LogP) is 4.44. The van der Waals surface area contributed by atoms with Crippen LogP contribution in [-0.2, 0) is 0 Å². The second-order valence-corrected chi connectivity index (χ2v) is 6.30. The fraction of sp³-hybridized carbons (Fsp3) is 0.294. The van der Waals surface area contributed by atoms with E-state index in [2.05, 4.69) is 64.5 Å². The highest BCUT2D eigenvalue weighted by atomic mass is 35.5. The summed E-state index contributed by atoms with van der Waals surface area (Å²) < 4.78 is 0.814. The van der Waals surface area contributed by atoms with Crippen molar-refractivity contribution >= 4 is 11.6 Å². The minimum absolute atomic E-state index is 0.245. The van der Waals surface area contributed by atoms with Crippen molar-refractivity contribution in [2.75, 3.05) is 21.1 Å². The van der Waals surface area contributed by atoms with Crippen LogP contribution in [0.1, 0.15) is 22.7 Å². The van der Waals surface area contributed by atoms with E-state index in [4.69, 9.17) is 11.6 Å². The highest BCUT2D eigenvalue weighted by Crippen LogP contribution is 2.36. The van der Waals surface area contributed by atoms with Gasteiger partial charge in [0.1, 0.15) is 6.04 Å². The van der Waals surface area contributed by atoms with Crippen LogP contribution in [0.4, 0.5) is 0 Å². The van der Waals surface area contributed by atoms with Gasteiger partial charge in [-0.1, -0.05) is 54.1 Å². The summed E-state index contributed by atoms with van der Waals surface area (Å²) in [6.45, 7) is 2.16. The average Bonchev–Trinajstić information content (AvgIpc) is 2.33. The topological polar surface area (TPSA) is 0 Å². The number of aryl methyl sites for hydroxylation is 1. The molecule has 2 aromatic carbocycles. The van der Waals surface area contributed by atoms with Gasteiger partial charge in [-0.05, 0) is 18.6 Å². The van der Waals surface area contributed by atoms with Crippen LogP contribution in [0.15, 0.2) is 48.5 Å². The van der Waals surface area contributed by atoms with Crippen LogP contribution in [0.2, 0.25) is 5.02 Å². The summed E-state index contributed by atoms with van der Waals surface area (Å²) >= 11 is 6.42. The van der Waals surface area contributed by atoms with E-state index in [-0.39, 0.29) is 6.04 Å². The smallest absolute Gasteiger partial charge is 0.141 e. The Labute approximate surface area is 121 Å². The number of quaternary nitrogens is 1. The molecule has 2 heteroatoms. The lowest BCUT2D eigenvalue weighted by Gasteiger charge is -2.36. The van der Waals surface area contributed by atoms with Gasteiger partial charge in [-0.15, -0.1) is 0 Å². The first-order valence-corrected chi connectivity index (χ1v) is 6.90. The first-order chi connectivity index (χ1) is 8.91. The molecule has 0 saturated heterocycles. The van der Waals surface area contributed by atoms with Gasteiger partial charge in [-0.2, -0.15) is 0 Å². The minimum Gasteiger partial charge on any atom is -0.321 e. The fourth-order valence-electron chi connectivity index (χ4n) is 2.59. The van der Waals surface area contributed by atoms with Crippen LogP contribution < -0.4 is 0 Å². The highest BCUT2D eigenvalue weighted by molar-refractivity contribution is 6.31. The Morgan fingerprint density at radius 1 is 0.842 bits per heavy atom. The zero-order chi connectivity index (χ0) is 14.0. The van der Waals surface area contributed by atoms with Gasteiger partial charge in [0.2, 0.25) is 0 Å². The van der Waals surface area contributed by atoms with Crippen molar-refractivity contribution < 1.29 is 4.48 Å². The molecule has 0 radical (unpaired) electrons. The Morgan fingerprint density at radius 3 is 1.89 bits per heavy atom. The summed E-state index contributed by atoms with van der Waals surface area (Å²) in [6.07, 6.45) is 0. The lowest BCUT2D eigenvalue weighted by Crippen LogP contribution is -2.39. The third kappa shape index (κ3) is 2.99. The number of hydrogen-bond acceptors (Lipinski definition) is 0. The maximum absolute atomic E-state index is 6.42. The SMILES string of the molecule is Cc1ccccc1[C@H](c1ccccc1Cl)[N+](C)(C)C. The number of rotatable bonds is 3. The van der Waals surface area contributed by atoms with E-state index in [9.17, 15) is 0 Å². The Kier molecular flexibility index (Phi) is 3.98. The van der Waals surface area contributed by atoms with Crippen LogP contribution >= 0.6 is 11.6 Å². The molecule has 1 nitrogen and oxygen atoms in total. The van der Waals surface area contributed by atoms with Crippen LogP contribution in [-0.4, -0.2) is 25.6 Å². The van der Waals surface area contributed by atoms with Gasteiger partial charge in [-0.25, -0.2) is 0 Å². The summed E-state index contributed by atoms with van der Waals surface area (Å²) in [5.74, 6) is 0. The second kappa shape index (κ2) is 5.36. The molecule has 2 aromatic rings. The molecule has 0 aliphatic heterocycles. The van der Waals surface area contributed by atoms with Crippen molar-refractivity contribution in [3.8, 4) is 0 Å². The van der Waals surface area contributed by atoms with E-state index in [1.54, 1.807) is 0 Å². The number of hydrogen-bond donors (Lipinski definition) is 0. The van der Waals surface area contributed by atoms with Crippen molar-refractivity contribution in [3.63, 3.8) is 0 Å². The van der Waals surface area contributed by atoms with Gasteiger partial charge < -0.3 is 4.48 Å². The van der Waals surface area contributed by atoms with Gasteiger partial charge in [0.05, 0.1) is 26.2 Å². The van der Waals surface area contributed by atoms with E-state index in [0.717, 1.165) is 9.51 Å². The van der Waals surface area contributed by atoms with Crippen molar-refractivity contribution in [1.82, 2.24) is 0 Å². The lowest BCUT2D eigenvalue weighted by atomic mass is 9.93. The van der Waals surface area contributed by atoms with Gasteiger partial charge in [0.25, 0.3) is 0 Å². The molecule has 100 valence electrons. The third-order valence-corrected chi connectivity index (χ3v) is 3.80. The van der Waals surface area contributed by atoms with Crippen LogP contribution in [0, 0.1) is 6.92 Å². The molecule has 0 aliphatic rings. The van der Waals surface area contributed by atoms with Gasteiger partial charge in [0, 0.05) is 11.1 Å². The van der Waals surface area contributed by atoms with Crippen molar-refractivity contribution in [2.24, 2.45) is 0 Å². The Balaban J connectivity index is 2.62. The molecular weight excluding hydrogens is 254 g/mol. The fourth-order valence-corrected chi connectivity index (χ4v) is 2.83. The van der Waals surface area contributed by atoms with Gasteiger partial charge in [-0.3, -0.25) is 0 Å². The van der Waals surface area contributed by atoms with Gasteiger partial charge >= 0.3 is 0 Å². The Hall–Kier alpha value is -1.31. The molecule has 0 aromatic heterocycles. The maximum Gasteiger partial charge on any atom is 0.141 e. The molecule has 0 saturated carbocycles. The van der Waals surface area contributed by atoms with Crippen molar-refractivity contribution in [3.05, 3.63) is 70.2 Å². The minimum atomic E-state index is 0.245. The molecule has 0 aliphatic carbocycles. The third-order valence-electron chi connectivity index (χ3n) is 3.46. The monoisotopic (exact) mass is 274 g/mol. The standard InChI is InChI=1S/C17H21ClN/c1-13-9-5-6-10-14(13)17(19(2,3)4)15-11-7-8-12-16(15)18/h5-12,17H,1-4H3/q+1/t17-/m1/s1. The molecule has 0 spiro atoms. The quantitative estimate of drug-likeness (QED) is 0.726. The number of halogens is 1. The largest absolute Gasteiger partial charge is 0.321 e. The highest BCUT2D eigenvalue weighted by Gasteiger charge is 2.30. The molecular formula is C17H21ClN+. The molecule has 0 unspecified atom stereocenters. The zero-order valence-electron chi connectivity index (χ0n) is 12.0. The van der Waals surface area contributed by atoms with Crippen molar-refractivity contribution in [2.45, 2.75) is 13.0 Å². The summed E-state index contributed by atoms with van der Waals surface area (Å²) in [5, 5.41) is 0.837. The van der Waals surface area contributed by atoms with Crippen LogP contribution in [0.5, 0.6) is 0 Å².